The second-order valence-electron chi connectivity index (χ2n) is 4.32. The minimum atomic E-state index is -0.917. The summed E-state index contributed by atoms with van der Waals surface area (Å²) in [6, 6.07) is 12.0. The van der Waals surface area contributed by atoms with Crippen LogP contribution < -0.4 is 5.32 Å². The van der Waals surface area contributed by atoms with Crippen LogP contribution in [0, 0.1) is 0 Å². The summed E-state index contributed by atoms with van der Waals surface area (Å²) in [5, 5.41) is 14.2. The van der Waals surface area contributed by atoms with Crippen molar-refractivity contribution in [3.05, 3.63) is 52.5 Å². The number of halogens is 1. The fourth-order valence-corrected chi connectivity index (χ4v) is 2.39. The van der Waals surface area contributed by atoms with E-state index in [4.69, 9.17) is 5.11 Å². The highest BCUT2D eigenvalue weighted by Crippen LogP contribution is 2.29. The van der Waals surface area contributed by atoms with Gasteiger partial charge in [0.25, 0.3) is 0 Å². The zero-order chi connectivity index (χ0) is 13.8. The van der Waals surface area contributed by atoms with Crippen molar-refractivity contribution < 1.29 is 9.90 Å². The van der Waals surface area contributed by atoms with E-state index in [2.05, 4.69) is 21.2 Å². The van der Waals surface area contributed by atoms with Gasteiger partial charge in [0.05, 0.1) is 0 Å². The molecule has 0 saturated carbocycles. The third-order valence-electron chi connectivity index (χ3n) is 2.80. The summed E-state index contributed by atoms with van der Waals surface area (Å²) in [5.74, 6) is -0.917. The number of rotatable bonds is 4. The van der Waals surface area contributed by atoms with E-state index in [1.807, 2.05) is 36.4 Å². The maximum atomic E-state index is 10.6. The molecule has 2 aromatic carbocycles. The van der Waals surface area contributed by atoms with E-state index in [1.165, 1.54) is 6.08 Å². The molecule has 0 fully saturated rings. The molecule has 0 atom stereocenters. The molecule has 0 unspecified atom stereocenters. The quantitative estimate of drug-likeness (QED) is 0.836. The Morgan fingerprint density at radius 2 is 1.95 bits per heavy atom. The van der Waals surface area contributed by atoms with Crippen LogP contribution >= 0.6 is 15.9 Å². The summed E-state index contributed by atoms with van der Waals surface area (Å²) in [7, 11) is 0. The highest BCUT2D eigenvalue weighted by molar-refractivity contribution is 9.10. The lowest BCUT2D eigenvalue weighted by molar-refractivity contribution is -0.131. The van der Waals surface area contributed by atoms with Gasteiger partial charge in [-0.3, -0.25) is 0 Å². The Bertz CT molecular complexity index is 650. The van der Waals surface area contributed by atoms with Gasteiger partial charge in [-0.1, -0.05) is 40.2 Å². The topological polar surface area (TPSA) is 49.3 Å². The fraction of sp³-hybridized carbons (Fsp3) is 0.133. The van der Waals surface area contributed by atoms with Crippen molar-refractivity contribution in [3.63, 3.8) is 0 Å². The lowest BCUT2D eigenvalue weighted by Crippen LogP contribution is -2.05. The molecule has 19 heavy (non-hydrogen) atoms. The molecule has 0 radical (unpaired) electrons. The van der Waals surface area contributed by atoms with Gasteiger partial charge in [0.15, 0.2) is 0 Å². The molecule has 0 spiro atoms. The van der Waals surface area contributed by atoms with Crippen molar-refractivity contribution in [3.8, 4) is 0 Å². The van der Waals surface area contributed by atoms with Crippen LogP contribution in [0.1, 0.15) is 6.92 Å². The first kappa shape index (κ1) is 13.6. The monoisotopic (exact) mass is 319 g/mol. The Balaban J connectivity index is 2.27. The number of anilines is 1. The fourth-order valence-electron chi connectivity index (χ4n) is 1.91. The molecule has 0 heterocycles. The van der Waals surface area contributed by atoms with Crippen LogP contribution in [0.25, 0.3) is 10.8 Å². The molecule has 0 saturated heterocycles. The molecule has 0 bridgehead atoms. The Labute approximate surface area is 120 Å². The van der Waals surface area contributed by atoms with Crippen LogP contribution in [-0.2, 0) is 4.79 Å². The number of fused-ring (bicyclic) bond motifs is 1. The second kappa shape index (κ2) is 5.89. The largest absolute Gasteiger partial charge is 0.478 e. The number of aliphatic carboxylic acids is 1. The number of nitrogens with one attached hydrogen (secondary N) is 1. The van der Waals surface area contributed by atoms with Crippen LogP contribution in [0.3, 0.4) is 0 Å². The predicted octanol–water partition coefficient (Wildman–Crippen LogP) is 4.05. The Hall–Kier alpha value is -1.81. The van der Waals surface area contributed by atoms with Gasteiger partial charge in [0, 0.05) is 28.2 Å². The Kier molecular flexibility index (Phi) is 4.22. The molecule has 98 valence electrons. The molecule has 2 rings (SSSR count). The van der Waals surface area contributed by atoms with Gasteiger partial charge in [0.1, 0.15) is 0 Å². The number of hydrogen-bond acceptors (Lipinski definition) is 2. The van der Waals surface area contributed by atoms with Gasteiger partial charge < -0.3 is 10.4 Å². The van der Waals surface area contributed by atoms with E-state index in [0.717, 1.165) is 26.5 Å². The van der Waals surface area contributed by atoms with Gasteiger partial charge in [-0.2, -0.15) is 0 Å². The minimum absolute atomic E-state index is 0.512. The van der Waals surface area contributed by atoms with E-state index in [9.17, 15) is 4.79 Å². The summed E-state index contributed by atoms with van der Waals surface area (Å²) in [4.78, 5) is 10.6. The van der Waals surface area contributed by atoms with Crippen molar-refractivity contribution >= 4 is 38.4 Å². The zero-order valence-electron chi connectivity index (χ0n) is 10.5. The van der Waals surface area contributed by atoms with Crippen LogP contribution in [-0.4, -0.2) is 17.6 Å². The number of benzene rings is 2. The van der Waals surface area contributed by atoms with Crippen molar-refractivity contribution in [2.75, 3.05) is 11.9 Å². The van der Waals surface area contributed by atoms with E-state index in [0.29, 0.717) is 6.54 Å². The molecule has 0 aliphatic carbocycles. The summed E-state index contributed by atoms with van der Waals surface area (Å²) in [6.07, 6.45) is 1.22. The molecule has 2 N–H and O–H groups in total. The summed E-state index contributed by atoms with van der Waals surface area (Å²) in [6.45, 7) is 2.31. The van der Waals surface area contributed by atoms with Crippen LogP contribution in [0.2, 0.25) is 0 Å². The highest BCUT2D eigenvalue weighted by Gasteiger charge is 2.03. The minimum Gasteiger partial charge on any atom is -0.478 e. The number of carbonyl (C=O) groups is 1. The summed E-state index contributed by atoms with van der Waals surface area (Å²) < 4.78 is 1.05. The average Bonchev–Trinajstić information content (AvgIpc) is 2.37. The molecule has 0 amide bonds. The summed E-state index contributed by atoms with van der Waals surface area (Å²) in [5.41, 5.74) is 1.77. The lowest BCUT2D eigenvalue weighted by atomic mass is 10.1. The Morgan fingerprint density at radius 1 is 1.26 bits per heavy atom. The molecule has 2 aromatic rings. The molecular formula is C15H14BrNO2. The molecule has 0 aliphatic heterocycles. The van der Waals surface area contributed by atoms with Gasteiger partial charge in [-0.15, -0.1) is 0 Å². The average molecular weight is 320 g/mol. The van der Waals surface area contributed by atoms with Crippen LogP contribution in [0.4, 0.5) is 5.69 Å². The molecule has 0 aromatic heterocycles. The number of hydrogen-bond donors (Lipinski definition) is 2. The first-order valence-corrected chi connectivity index (χ1v) is 6.68. The Morgan fingerprint density at radius 3 is 2.63 bits per heavy atom. The van der Waals surface area contributed by atoms with E-state index in [-0.39, 0.29) is 0 Å². The van der Waals surface area contributed by atoms with Crippen molar-refractivity contribution in [1.82, 2.24) is 0 Å². The van der Waals surface area contributed by atoms with Gasteiger partial charge in [-0.25, -0.2) is 4.79 Å². The number of carboxylic acid groups (broad SMARTS) is 1. The van der Waals surface area contributed by atoms with Gasteiger partial charge in [0.2, 0.25) is 0 Å². The van der Waals surface area contributed by atoms with Crippen LogP contribution in [0.5, 0.6) is 0 Å². The van der Waals surface area contributed by atoms with Crippen molar-refractivity contribution in [2.24, 2.45) is 0 Å². The van der Waals surface area contributed by atoms with Gasteiger partial charge >= 0.3 is 5.97 Å². The van der Waals surface area contributed by atoms with Crippen LogP contribution in [0.15, 0.2) is 52.5 Å². The second-order valence-corrected chi connectivity index (χ2v) is 5.18. The van der Waals surface area contributed by atoms with Gasteiger partial charge in [-0.05, 0) is 30.0 Å². The lowest BCUT2D eigenvalue weighted by Gasteiger charge is -2.11. The third kappa shape index (κ3) is 3.35. The summed E-state index contributed by atoms with van der Waals surface area (Å²) >= 11 is 3.53. The van der Waals surface area contributed by atoms with Crippen molar-refractivity contribution in [1.29, 1.82) is 0 Å². The van der Waals surface area contributed by atoms with E-state index >= 15 is 0 Å². The maximum absolute atomic E-state index is 10.6. The first-order valence-electron chi connectivity index (χ1n) is 5.89. The molecular weight excluding hydrogens is 306 g/mol. The molecule has 3 nitrogen and oxygen atoms in total. The smallest absolute Gasteiger partial charge is 0.328 e. The SMILES string of the molecule is C/C(=C/C(=O)O)CNc1ccc(Br)c2ccccc12. The molecule has 0 aliphatic rings. The zero-order valence-corrected chi connectivity index (χ0v) is 12.1. The normalized spacial score (nSPS) is 11.6. The standard InChI is InChI=1S/C15H14BrNO2/c1-10(8-15(18)19)9-17-14-7-6-13(16)11-4-2-3-5-12(11)14/h2-8,17H,9H2,1H3,(H,18,19)/b10-8-. The first-order chi connectivity index (χ1) is 9.08. The third-order valence-corrected chi connectivity index (χ3v) is 3.49. The van der Waals surface area contributed by atoms with Crippen molar-refractivity contribution in [2.45, 2.75) is 6.92 Å². The van der Waals surface area contributed by atoms with E-state index in [1.54, 1.807) is 6.92 Å². The number of carboxylic acids is 1. The predicted molar refractivity (Wildman–Crippen MR) is 81.5 cm³/mol. The maximum Gasteiger partial charge on any atom is 0.328 e. The van der Waals surface area contributed by atoms with E-state index < -0.39 is 5.97 Å². The molecule has 4 heteroatoms. The highest BCUT2D eigenvalue weighted by atomic mass is 79.9.